The molecule has 3 aromatic rings. The van der Waals surface area contributed by atoms with Gasteiger partial charge in [-0.1, -0.05) is 48.0 Å². The fourth-order valence-corrected chi connectivity index (χ4v) is 3.34. The molecular formula is C23H25N3O3. The van der Waals surface area contributed by atoms with E-state index in [4.69, 9.17) is 0 Å². The summed E-state index contributed by atoms with van der Waals surface area (Å²) in [5, 5.41) is 12.2. The van der Waals surface area contributed by atoms with E-state index in [9.17, 15) is 14.7 Å². The average Bonchev–Trinajstić information content (AvgIpc) is 2.70. The number of hydrogen-bond acceptors (Lipinski definition) is 4. The Kier molecular flexibility index (Phi) is 6.24. The van der Waals surface area contributed by atoms with Crippen LogP contribution in [-0.2, 0) is 17.8 Å². The van der Waals surface area contributed by atoms with Gasteiger partial charge >= 0.3 is 0 Å². The lowest BCUT2D eigenvalue weighted by Crippen LogP contribution is -2.33. The molecule has 2 aromatic carbocycles. The molecule has 2 N–H and O–H groups in total. The summed E-state index contributed by atoms with van der Waals surface area (Å²) in [6.07, 6.45) is 0.200. The highest BCUT2D eigenvalue weighted by atomic mass is 16.3. The predicted octanol–water partition coefficient (Wildman–Crippen LogP) is 3.01. The van der Waals surface area contributed by atoms with Crippen molar-refractivity contribution in [1.82, 2.24) is 9.55 Å². The van der Waals surface area contributed by atoms with Gasteiger partial charge in [-0.15, -0.1) is 0 Å². The monoisotopic (exact) mass is 391 g/mol. The Bertz CT molecular complexity index is 1090. The molecule has 0 spiro atoms. The Balaban J connectivity index is 2.01. The number of anilines is 1. The zero-order valence-corrected chi connectivity index (χ0v) is 16.9. The molecule has 0 aliphatic rings. The Hall–Kier alpha value is -3.25. The van der Waals surface area contributed by atoms with E-state index in [1.807, 2.05) is 62.4 Å². The molecule has 0 radical (unpaired) electrons. The number of rotatable bonds is 6. The largest absolute Gasteiger partial charge is 0.396 e. The number of aliphatic hydroxyl groups excluding tert-OH is 1. The smallest absolute Gasteiger partial charge is 0.257 e. The van der Waals surface area contributed by atoms with Gasteiger partial charge in [-0.2, -0.15) is 0 Å². The minimum atomic E-state index is -0.308. The van der Waals surface area contributed by atoms with E-state index >= 15 is 0 Å². The highest BCUT2D eigenvalue weighted by Crippen LogP contribution is 2.19. The van der Waals surface area contributed by atoms with Crippen molar-refractivity contribution in [2.45, 2.75) is 33.7 Å². The van der Waals surface area contributed by atoms with E-state index in [0.717, 1.165) is 16.7 Å². The molecule has 6 nitrogen and oxygen atoms in total. The minimum Gasteiger partial charge on any atom is -0.396 e. The first kappa shape index (κ1) is 20.5. The first-order valence-electron chi connectivity index (χ1n) is 9.54. The molecule has 1 heterocycles. The Morgan fingerprint density at radius 3 is 2.48 bits per heavy atom. The van der Waals surface area contributed by atoms with Crippen molar-refractivity contribution in [1.29, 1.82) is 0 Å². The third-order valence-electron chi connectivity index (χ3n) is 4.82. The van der Waals surface area contributed by atoms with Gasteiger partial charge in [0.25, 0.3) is 5.56 Å². The second-order valence-corrected chi connectivity index (χ2v) is 7.10. The summed E-state index contributed by atoms with van der Waals surface area (Å²) in [4.78, 5) is 30.4. The fourth-order valence-electron chi connectivity index (χ4n) is 3.34. The Morgan fingerprint density at radius 1 is 1.10 bits per heavy atom. The summed E-state index contributed by atoms with van der Waals surface area (Å²) < 4.78 is 1.38. The van der Waals surface area contributed by atoms with Gasteiger partial charge in [0, 0.05) is 35.5 Å². The molecule has 0 bridgehead atoms. The first-order chi connectivity index (χ1) is 13.9. The van der Waals surface area contributed by atoms with E-state index < -0.39 is 0 Å². The van der Waals surface area contributed by atoms with Crippen LogP contribution in [0.2, 0.25) is 0 Å². The number of nitrogens with one attached hydrogen (secondary N) is 1. The van der Waals surface area contributed by atoms with Crippen molar-refractivity contribution in [2.75, 3.05) is 11.9 Å². The van der Waals surface area contributed by atoms with E-state index in [-0.39, 0.29) is 31.0 Å². The molecule has 1 aromatic heterocycles. The van der Waals surface area contributed by atoms with Crippen molar-refractivity contribution in [2.24, 2.45) is 0 Å². The van der Waals surface area contributed by atoms with Crippen molar-refractivity contribution < 1.29 is 9.90 Å². The molecule has 0 saturated carbocycles. The van der Waals surface area contributed by atoms with Gasteiger partial charge in [0.15, 0.2) is 0 Å². The number of carbonyl (C=O) groups excluding carboxylic acids is 1. The lowest BCUT2D eigenvalue weighted by Gasteiger charge is -2.16. The van der Waals surface area contributed by atoms with E-state index in [0.29, 0.717) is 22.8 Å². The normalized spacial score (nSPS) is 10.8. The van der Waals surface area contributed by atoms with Crippen molar-refractivity contribution in [3.05, 3.63) is 81.3 Å². The van der Waals surface area contributed by atoms with Crippen LogP contribution in [0.3, 0.4) is 0 Å². The average molecular weight is 391 g/mol. The molecule has 29 heavy (non-hydrogen) atoms. The molecular weight excluding hydrogens is 366 g/mol. The zero-order valence-electron chi connectivity index (χ0n) is 16.9. The topological polar surface area (TPSA) is 84.2 Å². The Morgan fingerprint density at radius 2 is 1.83 bits per heavy atom. The minimum absolute atomic E-state index is 0.156. The van der Waals surface area contributed by atoms with Gasteiger partial charge in [0.05, 0.1) is 0 Å². The van der Waals surface area contributed by atoms with Gasteiger partial charge in [-0.05, 0) is 32.4 Å². The van der Waals surface area contributed by atoms with Crippen molar-refractivity contribution >= 4 is 11.6 Å². The molecule has 0 atom stereocenters. The molecule has 6 heteroatoms. The second-order valence-electron chi connectivity index (χ2n) is 7.10. The number of amides is 1. The number of hydrogen-bond donors (Lipinski definition) is 2. The van der Waals surface area contributed by atoms with Gasteiger partial charge < -0.3 is 10.4 Å². The number of aliphatic hydroxyl groups is 1. The van der Waals surface area contributed by atoms with Crippen LogP contribution in [-0.4, -0.2) is 27.2 Å². The molecule has 0 fully saturated rings. The van der Waals surface area contributed by atoms with Gasteiger partial charge in [0.2, 0.25) is 5.91 Å². The second kappa shape index (κ2) is 8.84. The quantitative estimate of drug-likeness (QED) is 0.677. The van der Waals surface area contributed by atoms with Crippen LogP contribution in [0.25, 0.3) is 11.4 Å². The van der Waals surface area contributed by atoms with E-state index in [1.165, 1.54) is 4.57 Å². The molecule has 0 aliphatic carbocycles. The predicted molar refractivity (Wildman–Crippen MR) is 114 cm³/mol. The molecule has 150 valence electrons. The number of carbonyl (C=O) groups is 1. The summed E-state index contributed by atoms with van der Waals surface area (Å²) >= 11 is 0. The first-order valence-corrected chi connectivity index (χ1v) is 9.54. The number of nitrogens with zero attached hydrogens (tertiary/aromatic N) is 2. The lowest BCUT2D eigenvalue weighted by atomic mass is 10.1. The summed E-state index contributed by atoms with van der Waals surface area (Å²) in [7, 11) is 0. The molecule has 0 aliphatic heterocycles. The highest BCUT2D eigenvalue weighted by molar-refractivity contribution is 5.91. The SMILES string of the molecule is Cc1ccc(NC(=O)Cn2c(-c3ccccc3)nc(C)c(CCO)c2=O)c(C)c1. The molecule has 1 amide bonds. The maximum absolute atomic E-state index is 13.1. The van der Waals surface area contributed by atoms with Crippen LogP contribution in [0.5, 0.6) is 0 Å². The van der Waals surface area contributed by atoms with Crippen LogP contribution >= 0.6 is 0 Å². The van der Waals surface area contributed by atoms with Crippen LogP contribution in [0.1, 0.15) is 22.4 Å². The summed E-state index contributed by atoms with van der Waals surface area (Å²) in [6.45, 7) is 5.35. The summed E-state index contributed by atoms with van der Waals surface area (Å²) in [5.74, 6) is 0.127. The third-order valence-corrected chi connectivity index (χ3v) is 4.82. The van der Waals surface area contributed by atoms with Gasteiger partial charge in [-0.25, -0.2) is 4.98 Å². The highest BCUT2D eigenvalue weighted by Gasteiger charge is 2.18. The van der Waals surface area contributed by atoms with E-state index in [2.05, 4.69) is 10.3 Å². The number of benzene rings is 2. The number of aromatic nitrogens is 2. The Labute approximate surface area is 169 Å². The van der Waals surface area contributed by atoms with Gasteiger partial charge in [0.1, 0.15) is 12.4 Å². The summed E-state index contributed by atoms with van der Waals surface area (Å²) in [5.41, 5.74) is 4.21. The van der Waals surface area contributed by atoms with Crippen LogP contribution in [0.4, 0.5) is 5.69 Å². The lowest BCUT2D eigenvalue weighted by molar-refractivity contribution is -0.116. The third kappa shape index (κ3) is 4.60. The maximum Gasteiger partial charge on any atom is 0.257 e. The van der Waals surface area contributed by atoms with E-state index in [1.54, 1.807) is 6.92 Å². The molecule has 3 rings (SSSR count). The van der Waals surface area contributed by atoms with Crippen LogP contribution in [0.15, 0.2) is 53.3 Å². The molecule has 0 unspecified atom stereocenters. The maximum atomic E-state index is 13.1. The summed E-state index contributed by atoms with van der Waals surface area (Å²) in [6, 6.07) is 15.1. The van der Waals surface area contributed by atoms with Gasteiger partial charge in [-0.3, -0.25) is 14.2 Å². The fraction of sp³-hybridized carbons (Fsp3) is 0.261. The van der Waals surface area contributed by atoms with Crippen LogP contribution < -0.4 is 10.9 Å². The molecule has 0 saturated heterocycles. The number of aryl methyl sites for hydroxylation is 3. The van der Waals surface area contributed by atoms with Crippen molar-refractivity contribution in [3.8, 4) is 11.4 Å². The zero-order chi connectivity index (χ0) is 21.0. The van der Waals surface area contributed by atoms with Crippen LogP contribution in [0, 0.1) is 20.8 Å². The van der Waals surface area contributed by atoms with Crippen molar-refractivity contribution in [3.63, 3.8) is 0 Å². The standard InChI is InChI=1S/C23H25N3O3/c1-15-9-10-20(16(2)13-15)25-21(28)14-26-22(18-7-5-4-6-8-18)24-17(3)19(11-12-27)23(26)29/h4-10,13,27H,11-12,14H2,1-3H3,(H,25,28).